The van der Waals surface area contributed by atoms with Gasteiger partial charge in [-0.2, -0.15) is 0 Å². The van der Waals surface area contributed by atoms with E-state index in [0.717, 1.165) is 29.9 Å². The van der Waals surface area contributed by atoms with Gasteiger partial charge in [0.1, 0.15) is 5.82 Å². The lowest BCUT2D eigenvalue weighted by Crippen LogP contribution is -2.09. The Morgan fingerprint density at radius 3 is 2.27 bits per heavy atom. The predicted octanol–water partition coefficient (Wildman–Crippen LogP) is 7.51. The summed E-state index contributed by atoms with van der Waals surface area (Å²) in [5.41, 5.74) is 5.77. The number of hydrogen-bond acceptors (Lipinski definition) is 0. The highest BCUT2D eigenvalue weighted by atomic mass is 19.1. The van der Waals surface area contributed by atoms with Crippen LogP contribution in [-0.2, 0) is 12.8 Å². The van der Waals surface area contributed by atoms with Crippen molar-refractivity contribution in [2.75, 3.05) is 0 Å². The standard InChI is InChI=1S/C25H31F/c1-3-5-20-6-8-21(9-7-20)10-11-22-12-15-23(16-13-22)24-17-14-19(4-2)18-25(24)26/h5,12-18,21H,3-4,6-11H2,1-2H3. The van der Waals surface area contributed by atoms with Crippen molar-refractivity contribution in [3.63, 3.8) is 0 Å². The Labute approximate surface area is 158 Å². The summed E-state index contributed by atoms with van der Waals surface area (Å²) in [6, 6.07) is 14.1. The van der Waals surface area contributed by atoms with Crippen LogP contribution in [0.25, 0.3) is 11.1 Å². The second-order valence-electron chi connectivity index (χ2n) is 7.62. The molecule has 1 heteroatoms. The zero-order chi connectivity index (χ0) is 18.4. The van der Waals surface area contributed by atoms with Crippen molar-refractivity contribution >= 4 is 0 Å². The van der Waals surface area contributed by atoms with Gasteiger partial charge in [0.05, 0.1) is 0 Å². The average Bonchev–Trinajstić information content (AvgIpc) is 2.68. The smallest absolute Gasteiger partial charge is 0.131 e. The largest absolute Gasteiger partial charge is 0.206 e. The number of aryl methyl sites for hydroxylation is 2. The fraction of sp³-hybridized carbons (Fsp3) is 0.440. The molecule has 0 amide bonds. The van der Waals surface area contributed by atoms with E-state index in [0.29, 0.717) is 5.56 Å². The van der Waals surface area contributed by atoms with E-state index in [9.17, 15) is 4.39 Å². The lowest BCUT2D eigenvalue weighted by Gasteiger charge is -2.24. The van der Waals surface area contributed by atoms with Crippen LogP contribution in [0.1, 0.15) is 63.5 Å². The lowest BCUT2D eigenvalue weighted by molar-refractivity contribution is 0.383. The molecule has 1 aliphatic rings. The van der Waals surface area contributed by atoms with E-state index >= 15 is 0 Å². The first-order valence-corrected chi connectivity index (χ1v) is 10.2. The molecule has 1 saturated carbocycles. The van der Waals surface area contributed by atoms with Crippen molar-refractivity contribution in [2.45, 2.75) is 65.2 Å². The summed E-state index contributed by atoms with van der Waals surface area (Å²) in [7, 11) is 0. The molecule has 2 aromatic carbocycles. The van der Waals surface area contributed by atoms with Gasteiger partial charge in [-0.25, -0.2) is 4.39 Å². The van der Waals surface area contributed by atoms with Gasteiger partial charge >= 0.3 is 0 Å². The van der Waals surface area contributed by atoms with Crippen molar-refractivity contribution in [1.82, 2.24) is 0 Å². The summed E-state index contributed by atoms with van der Waals surface area (Å²) in [5, 5.41) is 0. The van der Waals surface area contributed by atoms with Crippen LogP contribution in [0, 0.1) is 11.7 Å². The van der Waals surface area contributed by atoms with Crippen LogP contribution in [0.3, 0.4) is 0 Å². The number of allylic oxidation sites excluding steroid dienone is 2. The molecule has 0 saturated heterocycles. The maximum absolute atomic E-state index is 14.3. The summed E-state index contributed by atoms with van der Waals surface area (Å²) < 4.78 is 14.3. The third-order valence-corrected chi connectivity index (χ3v) is 5.79. The topological polar surface area (TPSA) is 0 Å². The summed E-state index contributed by atoms with van der Waals surface area (Å²) in [6.45, 7) is 4.28. The molecule has 0 N–H and O–H groups in total. The Morgan fingerprint density at radius 1 is 0.962 bits per heavy atom. The molecule has 0 nitrogen and oxygen atoms in total. The minimum Gasteiger partial charge on any atom is -0.206 e. The van der Waals surface area contributed by atoms with Crippen LogP contribution in [0.15, 0.2) is 54.1 Å². The number of benzene rings is 2. The van der Waals surface area contributed by atoms with Crippen molar-refractivity contribution in [2.24, 2.45) is 5.92 Å². The second-order valence-corrected chi connectivity index (χ2v) is 7.62. The number of hydrogen-bond donors (Lipinski definition) is 0. The molecule has 2 aromatic rings. The van der Waals surface area contributed by atoms with Crippen molar-refractivity contribution in [3.05, 3.63) is 71.1 Å². The highest BCUT2D eigenvalue weighted by Gasteiger charge is 2.16. The lowest BCUT2D eigenvalue weighted by atomic mass is 9.82. The van der Waals surface area contributed by atoms with Gasteiger partial charge in [-0.15, -0.1) is 0 Å². The minimum absolute atomic E-state index is 0.116. The zero-order valence-corrected chi connectivity index (χ0v) is 16.2. The van der Waals surface area contributed by atoms with E-state index in [1.54, 1.807) is 11.6 Å². The van der Waals surface area contributed by atoms with Crippen LogP contribution in [0.2, 0.25) is 0 Å². The summed E-state index contributed by atoms with van der Waals surface area (Å²) in [4.78, 5) is 0. The molecule has 0 bridgehead atoms. The normalized spacial score (nSPS) is 17.3. The van der Waals surface area contributed by atoms with Crippen molar-refractivity contribution < 1.29 is 4.39 Å². The molecule has 0 heterocycles. The third kappa shape index (κ3) is 4.84. The quantitative estimate of drug-likeness (QED) is 0.473. The van der Waals surface area contributed by atoms with Gasteiger partial charge in [-0.1, -0.05) is 61.9 Å². The maximum Gasteiger partial charge on any atom is 0.131 e. The van der Waals surface area contributed by atoms with Crippen LogP contribution in [-0.4, -0.2) is 0 Å². The first-order valence-electron chi connectivity index (χ1n) is 10.2. The Morgan fingerprint density at radius 2 is 1.65 bits per heavy atom. The molecule has 3 rings (SSSR count). The summed E-state index contributed by atoms with van der Waals surface area (Å²) in [6.07, 6.45) is 12.2. The van der Waals surface area contributed by atoms with Gasteiger partial charge in [0, 0.05) is 5.56 Å². The van der Waals surface area contributed by atoms with Crippen molar-refractivity contribution in [3.8, 4) is 11.1 Å². The molecular weight excluding hydrogens is 319 g/mol. The molecule has 0 atom stereocenters. The molecule has 0 spiro atoms. The molecular formula is C25H31F. The molecule has 1 aliphatic carbocycles. The first kappa shape index (κ1) is 18.9. The minimum atomic E-state index is -0.116. The fourth-order valence-electron chi connectivity index (χ4n) is 4.06. The van der Waals surface area contributed by atoms with Gasteiger partial charge < -0.3 is 0 Å². The molecule has 0 unspecified atom stereocenters. The van der Waals surface area contributed by atoms with Crippen LogP contribution < -0.4 is 0 Å². The second kappa shape index (κ2) is 9.16. The van der Waals surface area contributed by atoms with Crippen molar-refractivity contribution in [1.29, 1.82) is 0 Å². The first-order chi connectivity index (χ1) is 12.7. The SMILES string of the molecule is CCC=C1CCC(CCc2ccc(-c3ccc(CC)cc3F)cc2)CC1. The molecule has 138 valence electrons. The highest BCUT2D eigenvalue weighted by molar-refractivity contribution is 5.64. The number of halogens is 1. The third-order valence-electron chi connectivity index (χ3n) is 5.79. The van der Waals surface area contributed by atoms with Gasteiger partial charge in [0.15, 0.2) is 0 Å². The maximum atomic E-state index is 14.3. The van der Waals surface area contributed by atoms with E-state index in [4.69, 9.17) is 0 Å². The zero-order valence-electron chi connectivity index (χ0n) is 16.2. The number of rotatable bonds is 6. The highest BCUT2D eigenvalue weighted by Crippen LogP contribution is 2.32. The Hall–Kier alpha value is -1.89. The molecule has 0 radical (unpaired) electrons. The van der Waals surface area contributed by atoms with E-state index in [2.05, 4.69) is 44.2 Å². The van der Waals surface area contributed by atoms with Crippen LogP contribution in [0.5, 0.6) is 0 Å². The van der Waals surface area contributed by atoms with Crippen LogP contribution >= 0.6 is 0 Å². The Balaban J connectivity index is 1.56. The van der Waals surface area contributed by atoms with E-state index in [-0.39, 0.29) is 5.82 Å². The summed E-state index contributed by atoms with van der Waals surface area (Å²) >= 11 is 0. The van der Waals surface area contributed by atoms with Gasteiger partial charge in [-0.3, -0.25) is 0 Å². The fourth-order valence-corrected chi connectivity index (χ4v) is 4.06. The molecule has 26 heavy (non-hydrogen) atoms. The average molecular weight is 351 g/mol. The van der Waals surface area contributed by atoms with Gasteiger partial charge in [0.2, 0.25) is 0 Å². The van der Waals surface area contributed by atoms with Gasteiger partial charge in [0.25, 0.3) is 0 Å². The van der Waals surface area contributed by atoms with E-state index < -0.39 is 0 Å². The van der Waals surface area contributed by atoms with E-state index in [1.165, 1.54) is 44.1 Å². The van der Waals surface area contributed by atoms with Gasteiger partial charge in [-0.05, 0) is 80.0 Å². The van der Waals surface area contributed by atoms with E-state index in [1.807, 2.05) is 12.1 Å². The Kier molecular flexibility index (Phi) is 6.66. The summed E-state index contributed by atoms with van der Waals surface area (Å²) in [5.74, 6) is 0.748. The molecule has 0 aliphatic heterocycles. The Bertz CT molecular complexity index is 729. The predicted molar refractivity (Wildman–Crippen MR) is 110 cm³/mol. The molecule has 1 fully saturated rings. The monoisotopic (exact) mass is 350 g/mol. The van der Waals surface area contributed by atoms with Crippen LogP contribution in [0.4, 0.5) is 4.39 Å². The molecule has 0 aromatic heterocycles.